The van der Waals surface area contributed by atoms with Crippen molar-refractivity contribution in [3.05, 3.63) is 0 Å². The molecule has 84 valence electrons. The summed E-state index contributed by atoms with van der Waals surface area (Å²) in [5.41, 5.74) is 0. The second-order valence-corrected chi connectivity index (χ2v) is 3.65. The number of ketones is 1. The minimum absolute atomic E-state index is 0.218. The summed E-state index contributed by atoms with van der Waals surface area (Å²) in [6, 6.07) is 0. The van der Waals surface area contributed by atoms with Crippen LogP contribution in [0.4, 0.5) is 0 Å². The van der Waals surface area contributed by atoms with E-state index in [0.29, 0.717) is 32.5 Å². The first-order valence-electron chi connectivity index (χ1n) is 5.05. The highest BCUT2D eigenvalue weighted by Crippen LogP contribution is 2.06. The average molecular weight is 267 g/mol. The summed E-state index contributed by atoms with van der Waals surface area (Å²) in [6.45, 7) is 5.09. The van der Waals surface area contributed by atoms with Gasteiger partial charge in [0, 0.05) is 37.8 Å². The summed E-state index contributed by atoms with van der Waals surface area (Å²) in [5, 5.41) is 0.736. The summed E-state index contributed by atoms with van der Waals surface area (Å²) >= 11 is 3.24. The van der Waals surface area contributed by atoms with Gasteiger partial charge in [-0.15, -0.1) is 0 Å². The molecule has 14 heavy (non-hydrogen) atoms. The number of ether oxygens (including phenoxy) is 2. The number of rotatable bonds is 9. The number of halogens is 1. The van der Waals surface area contributed by atoms with E-state index in [-0.39, 0.29) is 12.1 Å². The number of hydrogen-bond donors (Lipinski definition) is 0. The first kappa shape index (κ1) is 14.1. The number of carbonyl (C=O) groups excluding carboxylic acids is 1. The lowest BCUT2D eigenvalue weighted by Crippen LogP contribution is -2.18. The van der Waals surface area contributed by atoms with Crippen LogP contribution < -0.4 is 0 Å². The standard InChI is InChI=1S/C10H19BrO3/c1-3-13-10(14-4-2)6-5-9(12)7-8-11/h10H,3-8H2,1-2H3. The maximum absolute atomic E-state index is 11.2. The summed E-state index contributed by atoms with van der Waals surface area (Å²) in [4.78, 5) is 11.2. The third kappa shape index (κ3) is 7.47. The van der Waals surface area contributed by atoms with E-state index in [0.717, 1.165) is 5.33 Å². The fraction of sp³-hybridized carbons (Fsp3) is 0.900. The van der Waals surface area contributed by atoms with Crippen LogP contribution in [0.2, 0.25) is 0 Å². The molecule has 0 rings (SSSR count). The van der Waals surface area contributed by atoms with Gasteiger partial charge in [0.05, 0.1) is 0 Å². The van der Waals surface area contributed by atoms with Crippen LogP contribution >= 0.6 is 15.9 Å². The van der Waals surface area contributed by atoms with Crippen LogP contribution in [0.25, 0.3) is 0 Å². The first-order valence-corrected chi connectivity index (χ1v) is 6.17. The van der Waals surface area contributed by atoms with Crippen molar-refractivity contribution in [1.82, 2.24) is 0 Å². The van der Waals surface area contributed by atoms with Gasteiger partial charge in [-0.25, -0.2) is 0 Å². The monoisotopic (exact) mass is 266 g/mol. The van der Waals surface area contributed by atoms with Crippen molar-refractivity contribution in [3.63, 3.8) is 0 Å². The van der Waals surface area contributed by atoms with Crippen LogP contribution in [-0.2, 0) is 14.3 Å². The molecule has 0 heterocycles. The molecule has 3 nitrogen and oxygen atoms in total. The molecule has 0 spiro atoms. The van der Waals surface area contributed by atoms with Gasteiger partial charge in [-0.3, -0.25) is 4.79 Å². The zero-order valence-electron chi connectivity index (χ0n) is 8.92. The van der Waals surface area contributed by atoms with E-state index < -0.39 is 0 Å². The number of carbonyl (C=O) groups is 1. The quantitative estimate of drug-likeness (QED) is 0.475. The Balaban J connectivity index is 3.63. The summed E-state index contributed by atoms with van der Waals surface area (Å²) in [6.07, 6.45) is 1.57. The molecule has 0 saturated carbocycles. The van der Waals surface area contributed by atoms with Crippen molar-refractivity contribution in [2.24, 2.45) is 0 Å². The van der Waals surface area contributed by atoms with Gasteiger partial charge in [-0.1, -0.05) is 15.9 Å². The SMILES string of the molecule is CCOC(CCC(=O)CCBr)OCC. The zero-order chi connectivity index (χ0) is 10.8. The highest BCUT2D eigenvalue weighted by atomic mass is 79.9. The van der Waals surface area contributed by atoms with Crippen molar-refractivity contribution >= 4 is 21.7 Å². The normalized spacial score (nSPS) is 10.9. The molecule has 0 aliphatic heterocycles. The van der Waals surface area contributed by atoms with E-state index in [2.05, 4.69) is 15.9 Å². The van der Waals surface area contributed by atoms with Gasteiger partial charge in [0.25, 0.3) is 0 Å². The lowest BCUT2D eigenvalue weighted by atomic mass is 10.2. The average Bonchev–Trinajstić information content (AvgIpc) is 2.15. The van der Waals surface area contributed by atoms with Gasteiger partial charge in [0.15, 0.2) is 6.29 Å². The molecular weight excluding hydrogens is 248 g/mol. The minimum atomic E-state index is -0.218. The lowest BCUT2D eigenvalue weighted by Gasteiger charge is -2.15. The van der Waals surface area contributed by atoms with E-state index >= 15 is 0 Å². The largest absolute Gasteiger partial charge is 0.353 e. The fourth-order valence-corrected chi connectivity index (χ4v) is 1.54. The molecule has 0 unspecified atom stereocenters. The van der Waals surface area contributed by atoms with Gasteiger partial charge < -0.3 is 9.47 Å². The van der Waals surface area contributed by atoms with Crippen molar-refractivity contribution < 1.29 is 14.3 Å². The van der Waals surface area contributed by atoms with E-state index in [1.165, 1.54) is 0 Å². The van der Waals surface area contributed by atoms with Gasteiger partial charge in [-0.05, 0) is 13.8 Å². The van der Waals surface area contributed by atoms with E-state index in [9.17, 15) is 4.79 Å². The Morgan fingerprint density at radius 2 is 1.79 bits per heavy atom. The Kier molecular flexibility index (Phi) is 9.67. The molecule has 0 N–H and O–H groups in total. The van der Waals surface area contributed by atoms with Gasteiger partial charge in [0.1, 0.15) is 5.78 Å². The Labute approximate surface area is 94.3 Å². The molecule has 0 radical (unpaired) electrons. The minimum Gasteiger partial charge on any atom is -0.353 e. The van der Waals surface area contributed by atoms with Crippen LogP contribution in [0.1, 0.15) is 33.1 Å². The molecule has 0 atom stereocenters. The molecule has 0 fully saturated rings. The maximum Gasteiger partial charge on any atom is 0.157 e. The van der Waals surface area contributed by atoms with Crippen LogP contribution in [-0.4, -0.2) is 30.6 Å². The Morgan fingerprint density at radius 1 is 1.21 bits per heavy atom. The smallest absolute Gasteiger partial charge is 0.157 e. The molecule has 0 bridgehead atoms. The molecule has 4 heteroatoms. The lowest BCUT2D eigenvalue weighted by molar-refractivity contribution is -0.144. The van der Waals surface area contributed by atoms with Gasteiger partial charge >= 0.3 is 0 Å². The number of hydrogen-bond acceptors (Lipinski definition) is 3. The second-order valence-electron chi connectivity index (χ2n) is 2.86. The summed E-state index contributed by atoms with van der Waals surface area (Å²) < 4.78 is 10.6. The van der Waals surface area contributed by atoms with Gasteiger partial charge in [0.2, 0.25) is 0 Å². The predicted octanol–water partition coefficient (Wildman–Crippen LogP) is 2.52. The molecule has 0 saturated heterocycles. The van der Waals surface area contributed by atoms with Gasteiger partial charge in [-0.2, -0.15) is 0 Å². The third-order valence-corrected chi connectivity index (χ3v) is 2.13. The van der Waals surface area contributed by atoms with Crippen molar-refractivity contribution in [2.75, 3.05) is 18.5 Å². The summed E-state index contributed by atoms with van der Waals surface area (Å²) in [5.74, 6) is 0.256. The third-order valence-electron chi connectivity index (χ3n) is 1.74. The van der Waals surface area contributed by atoms with Crippen molar-refractivity contribution in [3.8, 4) is 0 Å². The van der Waals surface area contributed by atoms with Crippen LogP contribution in [0, 0.1) is 0 Å². The van der Waals surface area contributed by atoms with E-state index in [1.807, 2.05) is 13.8 Å². The highest BCUT2D eigenvalue weighted by molar-refractivity contribution is 9.09. The number of Topliss-reactive ketones (excluding diaryl/α,β-unsaturated/α-hetero) is 1. The molecule has 0 aromatic rings. The second kappa shape index (κ2) is 9.62. The highest BCUT2D eigenvalue weighted by Gasteiger charge is 2.10. The molecular formula is C10H19BrO3. The molecule has 0 aromatic carbocycles. The Morgan fingerprint density at radius 3 is 2.21 bits per heavy atom. The molecule has 0 aliphatic carbocycles. The molecule has 0 aromatic heterocycles. The summed E-state index contributed by atoms with van der Waals surface area (Å²) in [7, 11) is 0. The first-order chi connectivity index (χ1) is 6.74. The van der Waals surface area contributed by atoms with E-state index in [1.54, 1.807) is 0 Å². The zero-order valence-corrected chi connectivity index (χ0v) is 10.5. The van der Waals surface area contributed by atoms with Crippen molar-refractivity contribution in [1.29, 1.82) is 0 Å². The van der Waals surface area contributed by atoms with Crippen LogP contribution in [0.3, 0.4) is 0 Å². The maximum atomic E-state index is 11.2. The van der Waals surface area contributed by atoms with Crippen molar-refractivity contribution in [2.45, 2.75) is 39.4 Å². The fourth-order valence-electron chi connectivity index (χ4n) is 1.10. The predicted molar refractivity (Wildman–Crippen MR) is 59.7 cm³/mol. The number of alkyl halides is 1. The van der Waals surface area contributed by atoms with E-state index in [4.69, 9.17) is 9.47 Å². The molecule has 0 aliphatic rings. The Bertz CT molecular complexity index is 144. The Hall–Kier alpha value is 0.0700. The topological polar surface area (TPSA) is 35.5 Å². The molecule has 0 amide bonds. The van der Waals surface area contributed by atoms with Crippen LogP contribution in [0.5, 0.6) is 0 Å². The van der Waals surface area contributed by atoms with Crippen LogP contribution in [0.15, 0.2) is 0 Å².